The summed E-state index contributed by atoms with van der Waals surface area (Å²) in [4.78, 5) is 10.3. The molecular formula is C8H7BrFNO3S. The Labute approximate surface area is 94.7 Å². The van der Waals surface area contributed by atoms with E-state index in [0.717, 1.165) is 13.0 Å². The van der Waals surface area contributed by atoms with Gasteiger partial charge in [-0.25, -0.2) is 17.5 Å². The average Bonchev–Trinajstić information content (AvgIpc) is 2.07. The first-order valence-electron chi connectivity index (χ1n) is 3.81. The van der Waals surface area contributed by atoms with Crippen molar-refractivity contribution >= 4 is 31.9 Å². The van der Waals surface area contributed by atoms with Crippen molar-refractivity contribution in [2.45, 2.75) is 11.8 Å². The van der Waals surface area contributed by atoms with Crippen molar-refractivity contribution < 1.29 is 17.6 Å². The second kappa shape index (κ2) is 4.28. The highest BCUT2D eigenvalue weighted by Gasteiger charge is 2.16. The third kappa shape index (κ3) is 3.00. The molecule has 1 amide bonds. The molecule has 0 heterocycles. The van der Waals surface area contributed by atoms with Crippen LogP contribution in [0.5, 0.6) is 0 Å². The van der Waals surface area contributed by atoms with Crippen LogP contribution in [0.1, 0.15) is 6.92 Å². The normalized spacial score (nSPS) is 11.1. The molecular weight excluding hydrogens is 289 g/mol. The number of carbonyl (C=O) groups is 1. The topological polar surface area (TPSA) is 63.2 Å². The van der Waals surface area contributed by atoms with Crippen LogP contribution in [-0.2, 0) is 14.8 Å². The lowest BCUT2D eigenvalue weighted by molar-refractivity contribution is -0.117. The maximum Gasteiger partial charge on any atom is 0.264 e. The summed E-state index contributed by atoms with van der Waals surface area (Å²) in [5.74, 6) is -1.43. The number of carbonyl (C=O) groups excluding carboxylic acids is 1. The molecule has 82 valence electrons. The summed E-state index contributed by atoms with van der Waals surface area (Å²) >= 11 is 2.89. The minimum atomic E-state index is -3.96. The molecule has 1 aromatic rings. The van der Waals surface area contributed by atoms with Crippen LogP contribution in [-0.4, -0.2) is 14.3 Å². The minimum absolute atomic E-state index is 0.157. The van der Waals surface area contributed by atoms with Crippen LogP contribution < -0.4 is 4.72 Å². The van der Waals surface area contributed by atoms with Crippen molar-refractivity contribution in [3.63, 3.8) is 0 Å². The van der Waals surface area contributed by atoms with E-state index in [9.17, 15) is 17.6 Å². The molecule has 0 atom stereocenters. The van der Waals surface area contributed by atoms with Crippen molar-refractivity contribution in [1.29, 1.82) is 0 Å². The summed E-state index contributed by atoms with van der Waals surface area (Å²) in [5, 5.41) is 0. The maximum absolute atomic E-state index is 13.0. The lowest BCUT2D eigenvalue weighted by Gasteiger charge is -2.04. The van der Waals surface area contributed by atoms with Gasteiger partial charge in [-0.2, -0.15) is 0 Å². The summed E-state index contributed by atoms with van der Waals surface area (Å²) in [7, 11) is -3.96. The highest BCUT2D eigenvalue weighted by atomic mass is 79.9. The molecule has 0 saturated carbocycles. The molecule has 7 heteroatoms. The van der Waals surface area contributed by atoms with E-state index in [4.69, 9.17) is 0 Å². The van der Waals surface area contributed by atoms with Crippen LogP contribution in [0.4, 0.5) is 4.39 Å². The third-order valence-electron chi connectivity index (χ3n) is 1.48. The average molecular weight is 296 g/mol. The molecule has 0 spiro atoms. The van der Waals surface area contributed by atoms with Gasteiger partial charge in [-0.1, -0.05) is 0 Å². The van der Waals surface area contributed by atoms with E-state index in [1.165, 1.54) is 12.1 Å². The van der Waals surface area contributed by atoms with Crippen molar-refractivity contribution in [2.24, 2.45) is 0 Å². The minimum Gasteiger partial charge on any atom is -0.274 e. The first kappa shape index (κ1) is 12.1. The Morgan fingerprint density at radius 3 is 2.53 bits per heavy atom. The van der Waals surface area contributed by atoms with Gasteiger partial charge in [0.15, 0.2) is 0 Å². The molecule has 0 aliphatic rings. The Kier molecular flexibility index (Phi) is 3.46. The fourth-order valence-electron chi connectivity index (χ4n) is 0.892. The molecule has 0 saturated heterocycles. The van der Waals surface area contributed by atoms with E-state index in [-0.39, 0.29) is 9.37 Å². The first-order chi connectivity index (χ1) is 6.83. The Bertz CT molecular complexity index is 501. The van der Waals surface area contributed by atoms with Gasteiger partial charge in [-0.05, 0) is 34.1 Å². The van der Waals surface area contributed by atoms with E-state index in [2.05, 4.69) is 15.9 Å². The van der Waals surface area contributed by atoms with Gasteiger partial charge in [0.2, 0.25) is 5.91 Å². The van der Waals surface area contributed by atoms with Crippen LogP contribution in [0.25, 0.3) is 0 Å². The van der Waals surface area contributed by atoms with Crippen molar-refractivity contribution in [3.05, 3.63) is 28.5 Å². The molecule has 1 N–H and O–H groups in total. The molecule has 0 bridgehead atoms. The van der Waals surface area contributed by atoms with E-state index in [1.807, 2.05) is 0 Å². The highest BCUT2D eigenvalue weighted by molar-refractivity contribution is 9.10. The zero-order valence-corrected chi connectivity index (χ0v) is 10.0. The smallest absolute Gasteiger partial charge is 0.264 e. The van der Waals surface area contributed by atoms with Gasteiger partial charge in [-0.15, -0.1) is 0 Å². The molecule has 0 aromatic heterocycles. The Morgan fingerprint density at radius 2 is 2.07 bits per heavy atom. The van der Waals surface area contributed by atoms with Crippen LogP contribution in [0, 0.1) is 5.82 Å². The largest absolute Gasteiger partial charge is 0.274 e. The van der Waals surface area contributed by atoms with E-state index < -0.39 is 21.7 Å². The van der Waals surface area contributed by atoms with Crippen molar-refractivity contribution in [3.8, 4) is 0 Å². The zero-order chi connectivity index (χ0) is 11.6. The fraction of sp³-hybridized carbons (Fsp3) is 0.125. The van der Waals surface area contributed by atoms with Gasteiger partial charge in [0, 0.05) is 6.92 Å². The number of nitrogens with one attached hydrogen (secondary N) is 1. The summed E-state index contributed by atoms with van der Waals surface area (Å²) in [6.07, 6.45) is 0. The Balaban J connectivity index is 3.17. The predicted molar refractivity (Wildman–Crippen MR) is 55.1 cm³/mol. The lowest BCUT2D eigenvalue weighted by atomic mass is 10.3. The number of halogens is 2. The van der Waals surface area contributed by atoms with Crippen LogP contribution in [0.3, 0.4) is 0 Å². The summed E-state index contributed by atoms with van der Waals surface area (Å²) < 4.78 is 37.7. The van der Waals surface area contributed by atoms with E-state index in [0.29, 0.717) is 0 Å². The number of sulfonamides is 1. The van der Waals surface area contributed by atoms with Gasteiger partial charge in [0.05, 0.1) is 9.37 Å². The SMILES string of the molecule is CC(=O)NS(=O)(=O)c1ccc(Br)c(F)c1. The standard InChI is InChI=1S/C8H7BrFNO3S/c1-5(12)11-15(13,14)6-2-3-7(9)8(10)4-6/h2-4H,1H3,(H,11,12). The second-order valence-electron chi connectivity index (χ2n) is 2.74. The Hall–Kier alpha value is -0.950. The Morgan fingerprint density at radius 1 is 1.47 bits per heavy atom. The van der Waals surface area contributed by atoms with Crippen molar-refractivity contribution in [2.75, 3.05) is 0 Å². The quantitative estimate of drug-likeness (QED) is 0.897. The third-order valence-corrected chi connectivity index (χ3v) is 3.55. The zero-order valence-electron chi connectivity index (χ0n) is 7.62. The number of benzene rings is 1. The fourth-order valence-corrected chi connectivity index (χ4v) is 2.14. The van der Waals surface area contributed by atoms with Gasteiger partial charge in [0.1, 0.15) is 5.82 Å². The van der Waals surface area contributed by atoms with Gasteiger partial charge in [0.25, 0.3) is 10.0 Å². The number of rotatable bonds is 2. The predicted octanol–water partition coefficient (Wildman–Crippen LogP) is 1.41. The number of amides is 1. The van der Waals surface area contributed by atoms with Crippen LogP contribution in [0.2, 0.25) is 0 Å². The molecule has 1 aromatic carbocycles. The molecule has 15 heavy (non-hydrogen) atoms. The molecule has 0 radical (unpaired) electrons. The van der Waals surface area contributed by atoms with Crippen LogP contribution >= 0.6 is 15.9 Å². The van der Waals surface area contributed by atoms with Gasteiger partial charge < -0.3 is 0 Å². The van der Waals surface area contributed by atoms with Gasteiger partial charge >= 0.3 is 0 Å². The van der Waals surface area contributed by atoms with Crippen molar-refractivity contribution in [1.82, 2.24) is 4.72 Å². The molecule has 1 rings (SSSR count). The lowest BCUT2D eigenvalue weighted by Crippen LogP contribution is -2.28. The van der Waals surface area contributed by atoms with E-state index >= 15 is 0 Å². The molecule has 0 fully saturated rings. The monoisotopic (exact) mass is 295 g/mol. The number of hydrogen-bond acceptors (Lipinski definition) is 3. The van der Waals surface area contributed by atoms with Gasteiger partial charge in [-0.3, -0.25) is 4.79 Å². The summed E-state index contributed by atoms with van der Waals surface area (Å²) in [5.41, 5.74) is 0. The maximum atomic E-state index is 13.0. The molecule has 0 unspecified atom stereocenters. The van der Waals surface area contributed by atoms with E-state index in [1.54, 1.807) is 4.72 Å². The molecule has 4 nitrogen and oxygen atoms in total. The summed E-state index contributed by atoms with van der Waals surface area (Å²) in [6, 6.07) is 3.28. The highest BCUT2D eigenvalue weighted by Crippen LogP contribution is 2.19. The first-order valence-corrected chi connectivity index (χ1v) is 6.09. The molecule has 0 aliphatic carbocycles. The molecule has 0 aliphatic heterocycles. The summed E-state index contributed by atoms with van der Waals surface area (Å²) in [6.45, 7) is 1.06. The second-order valence-corrected chi connectivity index (χ2v) is 5.27. The van der Waals surface area contributed by atoms with Crippen LogP contribution in [0.15, 0.2) is 27.6 Å². The number of hydrogen-bond donors (Lipinski definition) is 1.